The van der Waals surface area contributed by atoms with Crippen LogP contribution in [0.2, 0.25) is 0 Å². The lowest BCUT2D eigenvalue weighted by atomic mass is 10.1. The van der Waals surface area contributed by atoms with Crippen LogP contribution in [0.25, 0.3) is 0 Å². The predicted octanol–water partition coefficient (Wildman–Crippen LogP) is 1.69. The summed E-state index contributed by atoms with van der Waals surface area (Å²) in [6.45, 7) is 2.78. The first kappa shape index (κ1) is 11.9. The molecule has 1 aromatic rings. The maximum absolute atomic E-state index is 11.9. The Bertz CT molecular complexity index is 375. The summed E-state index contributed by atoms with van der Waals surface area (Å²) >= 11 is 2.26. The SMILES string of the molecule is O=C(Cc1cccc(I)c1)N1CCOCC1. The normalized spacial score (nSPS) is 16.2. The molecule has 1 saturated heterocycles. The number of carbonyl (C=O) groups excluding carboxylic acids is 1. The molecule has 4 heteroatoms. The van der Waals surface area contributed by atoms with Gasteiger partial charge in [-0.2, -0.15) is 0 Å². The van der Waals surface area contributed by atoms with E-state index in [2.05, 4.69) is 28.7 Å². The van der Waals surface area contributed by atoms with Gasteiger partial charge in [-0.3, -0.25) is 4.79 Å². The number of halogens is 1. The molecule has 1 heterocycles. The maximum atomic E-state index is 11.9. The molecular weight excluding hydrogens is 317 g/mol. The van der Waals surface area contributed by atoms with Gasteiger partial charge in [0.25, 0.3) is 0 Å². The molecule has 0 N–H and O–H groups in total. The topological polar surface area (TPSA) is 29.5 Å². The summed E-state index contributed by atoms with van der Waals surface area (Å²) in [7, 11) is 0. The van der Waals surface area contributed by atoms with E-state index >= 15 is 0 Å². The van der Waals surface area contributed by atoms with Crippen molar-refractivity contribution >= 4 is 28.5 Å². The number of hydrogen-bond acceptors (Lipinski definition) is 2. The molecule has 0 bridgehead atoms. The Hall–Kier alpha value is -0.620. The van der Waals surface area contributed by atoms with E-state index in [1.54, 1.807) is 0 Å². The molecule has 2 rings (SSSR count). The number of carbonyl (C=O) groups is 1. The van der Waals surface area contributed by atoms with E-state index in [1.165, 1.54) is 3.57 Å². The number of morpholine rings is 1. The van der Waals surface area contributed by atoms with Gasteiger partial charge in [-0.15, -0.1) is 0 Å². The smallest absolute Gasteiger partial charge is 0.227 e. The van der Waals surface area contributed by atoms with Gasteiger partial charge < -0.3 is 9.64 Å². The van der Waals surface area contributed by atoms with Crippen molar-refractivity contribution in [2.24, 2.45) is 0 Å². The zero-order valence-electron chi connectivity index (χ0n) is 8.99. The summed E-state index contributed by atoms with van der Waals surface area (Å²) in [6.07, 6.45) is 0.497. The van der Waals surface area contributed by atoms with Crippen molar-refractivity contribution in [3.8, 4) is 0 Å². The van der Waals surface area contributed by atoms with Gasteiger partial charge in [0.15, 0.2) is 0 Å². The van der Waals surface area contributed by atoms with Gasteiger partial charge in [0.05, 0.1) is 19.6 Å². The fourth-order valence-corrected chi connectivity index (χ4v) is 2.35. The van der Waals surface area contributed by atoms with E-state index in [1.807, 2.05) is 23.1 Å². The lowest BCUT2D eigenvalue weighted by Crippen LogP contribution is -2.41. The molecule has 0 saturated carbocycles. The number of nitrogens with zero attached hydrogens (tertiary/aromatic N) is 1. The van der Waals surface area contributed by atoms with Crippen molar-refractivity contribution in [3.63, 3.8) is 0 Å². The van der Waals surface area contributed by atoms with Crippen molar-refractivity contribution in [1.29, 1.82) is 0 Å². The van der Waals surface area contributed by atoms with Crippen molar-refractivity contribution in [2.75, 3.05) is 26.3 Å². The molecule has 1 fully saturated rings. The van der Waals surface area contributed by atoms with Crippen LogP contribution in [-0.4, -0.2) is 37.1 Å². The van der Waals surface area contributed by atoms with Crippen LogP contribution in [0.4, 0.5) is 0 Å². The number of rotatable bonds is 2. The van der Waals surface area contributed by atoms with E-state index in [9.17, 15) is 4.79 Å². The Morgan fingerprint density at radius 1 is 1.38 bits per heavy atom. The molecule has 0 radical (unpaired) electrons. The van der Waals surface area contributed by atoms with Crippen LogP contribution in [0, 0.1) is 3.57 Å². The highest BCUT2D eigenvalue weighted by molar-refractivity contribution is 14.1. The third-order valence-electron chi connectivity index (χ3n) is 2.61. The molecule has 1 aliphatic heterocycles. The predicted molar refractivity (Wildman–Crippen MR) is 70.3 cm³/mol. The van der Waals surface area contributed by atoms with Crippen molar-refractivity contribution in [1.82, 2.24) is 4.90 Å². The maximum Gasteiger partial charge on any atom is 0.227 e. The summed E-state index contributed by atoms with van der Waals surface area (Å²) in [4.78, 5) is 13.8. The minimum atomic E-state index is 0.199. The van der Waals surface area contributed by atoms with Gasteiger partial charge in [0, 0.05) is 16.7 Å². The molecule has 16 heavy (non-hydrogen) atoms. The van der Waals surface area contributed by atoms with Gasteiger partial charge in [-0.1, -0.05) is 12.1 Å². The van der Waals surface area contributed by atoms with Crippen LogP contribution in [0.15, 0.2) is 24.3 Å². The summed E-state index contributed by atoms with van der Waals surface area (Å²) in [5, 5.41) is 0. The van der Waals surface area contributed by atoms with Gasteiger partial charge in [0.2, 0.25) is 5.91 Å². The Morgan fingerprint density at radius 3 is 2.81 bits per heavy atom. The Morgan fingerprint density at radius 2 is 2.12 bits per heavy atom. The van der Waals surface area contributed by atoms with Gasteiger partial charge in [0.1, 0.15) is 0 Å². The lowest BCUT2D eigenvalue weighted by Gasteiger charge is -2.26. The average Bonchev–Trinajstić information content (AvgIpc) is 2.30. The molecule has 0 aliphatic carbocycles. The van der Waals surface area contributed by atoms with Gasteiger partial charge in [-0.25, -0.2) is 0 Å². The highest BCUT2D eigenvalue weighted by Gasteiger charge is 2.16. The standard InChI is InChI=1S/C12H14INO2/c13-11-3-1-2-10(8-11)9-12(15)14-4-6-16-7-5-14/h1-3,8H,4-7,9H2. The Labute approximate surface area is 109 Å². The van der Waals surface area contributed by atoms with Crippen LogP contribution in [0.3, 0.4) is 0 Å². The van der Waals surface area contributed by atoms with Crippen LogP contribution in [0.5, 0.6) is 0 Å². The second-order valence-electron chi connectivity index (χ2n) is 3.80. The first-order valence-corrected chi connectivity index (χ1v) is 6.43. The van der Waals surface area contributed by atoms with Crippen molar-refractivity contribution in [2.45, 2.75) is 6.42 Å². The van der Waals surface area contributed by atoms with Crippen LogP contribution >= 0.6 is 22.6 Å². The summed E-state index contributed by atoms with van der Waals surface area (Å²) < 4.78 is 6.40. The highest BCUT2D eigenvalue weighted by atomic mass is 127. The van der Waals surface area contributed by atoms with Crippen molar-refractivity contribution in [3.05, 3.63) is 33.4 Å². The third-order valence-corrected chi connectivity index (χ3v) is 3.28. The molecular formula is C12H14INO2. The first-order chi connectivity index (χ1) is 7.75. The third kappa shape index (κ3) is 3.18. The minimum Gasteiger partial charge on any atom is -0.378 e. The van der Waals surface area contributed by atoms with E-state index in [0.717, 1.165) is 18.7 Å². The molecule has 0 aromatic heterocycles. The van der Waals surface area contributed by atoms with E-state index in [0.29, 0.717) is 19.6 Å². The second kappa shape index (κ2) is 5.63. The van der Waals surface area contributed by atoms with Gasteiger partial charge >= 0.3 is 0 Å². The van der Waals surface area contributed by atoms with Crippen molar-refractivity contribution < 1.29 is 9.53 Å². The first-order valence-electron chi connectivity index (χ1n) is 5.35. The van der Waals surface area contributed by atoms with E-state index in [-0.39, 0.29) is 5.91 Å². The molecule has 1 aliphatic rings. The molecule has 86 valence electrons. The zero-order chi connectivity index (χ0) is 11.4. The molecule has 0 unspecified atom stereocenters. The highest BCUT2D eigenvalue weighted by Crippen LogP contribution is 2.10. The number of ether oxygens (including phenoxy) is 1. The molecule has 3 nitrogen and oxygen atoms in total. The zero-order valence-corrected chi connectivity index (χ0v) is 11.1. The molecule has 0 spiro atoms. The summed E-state index contributed by atoms with van der Waals surface area (Å²) in [5.74, 6) is 0.199. The Kier molecular flexibility index (Phi) is 4.17. The molecule has 1 amide bonds. The number of benzene rings is 1. The van der Waals surface area contributed by atoms with Crippen LogP contribution in [0.1, 0.15) is 5.56 Å². The molecule has 1 aromatic carbocycles. The van der Waals surface area contributed by atoms with Crippen LogP contribution in [-0.2, 0) is 16.0 Å². The largest absolute Gasteiger partial charge is 0.378 e. The number of amides is 1. The lowest BCUT2D eigenvalue weighted by molar-refractivity contribution is -0.134. The monoisotopic (exact) mass is 331 g/mol. The van der Waals surface area contributed by atoms with E-state index < -0.39 is 0 Å². The molecule has 0 atom stereocenters. The Balaban J connectivity index is 1.96. The minimum absolute atomic E-state index is 0.199. The fourth-order valence-electron chi connectivity index (χ4n) is 1.75. The van der Waals surface area contributed by atoms with Crippen LogP contribution < -0.4 is 0 Å². The second-order valence-corrected chi connectivity index (χ2v) is 5.05. The number of hydrogen-bond donors (Lipinski definition) is 0. The van der Waals surface area contributed by atoms with E-state index in [4.69, 9.17) is 4.74 Å². The average molecular weight is 331 g/mol. The van der Waals surface area contributed by atoms with Gasteiger partial charge in [-0.05, 0) is 40.3 Å². The fraction of sp³-hybridized carbons (Fsp3) is 0.417. The summed E-state index contributed by atoms with van der Waals surface area (Å²) in [5.41, 5.74) is 1.09. The summed E-state index contributed by atoms with van der Waals surface area (Å²) in [6, 6.07) is 8.08. The quantitative estimate of drug-likeness (QED) is 0.772.